The van der Waals surface area contributed by atoms with Gasteiger partial charge in [0.15, 0.2) is 0 Å². The Hall–Kier alpha value is -1.98. The van der Waals surface area contributed by atoms with Crippen LogP contribution in [0.15, 0.2) is 30.9 Å². The summed E-state index contributed by atoms with van der Waals surface area (Å²) in [6, 6.07) is 3.49. The maximum atomic E-state index is 13.1. The van der Waals surface area contributed by atoms with Crippen LogP contribution in [0.3, 0.4) is 0 Å². The fourth-order valence-corrected chi connectivity index (χ4v) is 2.27. The van der Waals surface area contributed by atoms with Crippen LogP contribution in [0, 0.1) is 0 Å². The van der Waals surface area contributed by atoms with Gasteiger partial charge in [-0.2, -0.15) is 0 Å². The van der Waals surface area contributed by atoms with Gasteiger partial charge in [-0.05, 0) is 12.1 Å². The lowest BCUT2D eigenvalue weighted by Gasteiger charge is -2.31. The minimum Gasteiger partial charge on any atom is -0.338 e. The first-order chi connectivity index (χ1) is 9.05. The maximum absolute atomic E-state index is 13.1. The highest BCUT2D eigenvalue weighted by atomic mass is 19.3. The number of pyridine rings is 1. The molecule has 3 heterocycles. The summed E-state index contributed by atoms with van der Waals surface area (Å²) >= 11 is 0. The summed E-state index contributed by atoms with van der Waals surface area (Å²) in [4.78, 5) is 17.7. The van der Waals surface area contributed by atoms with Crippen molar-refractivity contribution in [3.8, 4) is 0 Å². The molecule has 0 aromatic carbocycles. The number of halogens is 2. The summed E-state index contributed by atoms with van der Waals surface area (Å²) < 4.78 is 27.9. The van der Waals surface area contributed by atoms with Crippen LogP contribution in [-0.2, 0) is 0 Å². The number of nitrogens with zero attached hydrogens (tertiary/aromatic N) is 3. The molecule has 100 valence electrons. The summed E-state index contributed by atoms with van der Waals surface area (Å²) in [6.45, 7) is 0.210. The minimum atomic E-state index is -2.63. The Morgan fingerprint density at radius 3 is 2.74 bits per heavy atom. The van der Waals surface area contributed by atoms with E-state index < -0.39 is 5.92 Å². The van der Waals surface area contributed by atoms with Crippen LogP contribution < -0.4 is 0 Å². The lowest BCUT2D eigenvalue weighted by atomic mass is 10.1. The Morgan fingerprint density at radius 2 is 2.00 bits per heavy atom. The van der Waals surface area contributed by atoms with Gasteiger partial charge in [0.25, 0.3) is 11.8 Å². The summed E-state index contributed by atoms with van der Waals surface area (Å²) in [5.41, 5.74) is 1.39. The molecule has 0 unspecified atom stereocenters. The van der Waals surface area contributed by atoms with Crippen molar-refractivity contribution in [3.63, 3.8) is 0 Å². The van der Waals surface area contributed by atoms with Gasteiger partial charge in [0, 0.05) is 32.1 Å². The average Bonchev–Trinajstić information content (AvgIpc) is 2.85. The van der Waals surface area contributed by atoms with Crippen molar-refractivity contribution >= 4 is 11.4 Å². The second-order valence-corrected chi connectivity index (χ2v) is 4.79. The third-order valence-corrected chi connectivity index (χ3v) is 3.44. The van der Waals surface area contributed by atoms with E-state index in [2.05, 4.69) is 4.98 Å². The molecular formula is C13H13F2N3O. The number of amides is 1. The minimum absolute atomic E-state index is 0.105. The van der Waals surface area contributed by atoms with Crippen LogP contribution in [-0.4, -0.2) is 39.2 Å². The quantitative estimate of drug-likeness (QED) is 0.792. The average molecular weight is 265 g/mol. The number of alkyl halides is 2. The Morgan fingerprint density at radius 1 is 1.26 bits per heavy atom. The number of imidazole rings is 1. The van der Waals surface area contributed by atoms with Crippen LogP contribution in [0.25, 0.3) is 5.52 Å². The molecule has 1 aliphatic rings. The summed E-state index contributed by atoms with van der Waals surface area (Å²) in [5.74, 6) is -2.84. The van der Waals surface area contributed by atoms with Gasteiger partial charge in [-0.15, -0.1) is 0 Å². The summed E-state index contributed by atoms with van der Waals surface area (Å²) in [6.07, 6.45) is 4.46. The summed E-state index contributed by atoms with van der Waals surface area (Å²) in [5, 5.41) is 0. The molecule has 0 bridgehead atoms. The normalized spacial score (nSPS) is 18.7. The van der Waals surface area contributed by atoms with Crippen LogP contribution in [0.2, 0.25) is 0 Å². The van der Waals surface area contributed by atoms with Gasteiger partial charge in [0.1, 0.15) is 0 Å². The second-order valence-electron chi connectivity index (χ2n) is 4.79. The molecule has 19 heavy (non-hydrogen) atoms. The van der Waals surface area contributed by atoms with Crippen LogP contribution in [0.1, 0.15) is 23.2 Å². The molecule has 1 amide bonds. The zero-order chi connectivity index (χ0) is 13.5. The van der Waals surface area contributed by atoms with Crippen LogP contribution >= 0.6 is 0 Å². The second kappa shape index (κ2) is 4.29. The highest BCUT2D eigenvalue weighted by molar-refractivity contribution is 5.94. The summed E-state index contributed by atoms with van der Waals surface area (Å²) in [7, 11) is 0. The molecule has 2 aromatic heterocycles. The van der Waals surface area contributed by atoms with Crippen molar-refractivity contribution in [1.29, 1.82) is 0 Å². The molecule has 1 saturated heterocycles. The van der Waals surface area contributed by atoms with Crippen molar-refractivity contribution in [2.75, 3.05) is 13.1 Å². The molecule has 2 aromatic rings. The van der Waals surface area contributed by atoms with Gasteiger partial charge in [0.05, 0.1) is 23.6 Å². The van der Waals surface area contributed by atoms with E-state index in [1.165, 1.54) is 4.90 Å². The number of likely N-dealkylation sites (tertiary alicyclic amines) is 1. The molecule has 0 saturated carbocycles. The molecular weight excluding hydrogens is 252 g/mol. The van der Waals surface area contributed by atoms with Crippen molar-refractivity contribution in [2.45, 2.75) is 18.8 Å². The standard InChI is InChI=1S/C13H13F2N3O/c14-13(15)3-5-17(6-4-13)12(19)10-1-2-11-7-16-9-18(11)8-10/h1-2,7-9H,3-6H2. The first kappa shape index (κ1) is 12.1. The highest BCUT2D eigenvalue weighted by Crippen LogP contribution is 2.28. The van der Waals surface area contributed by atoms with E-state index in [0.29, 0.717) is 5.56 Å². The van der Waals surface area contributed by atoms with E-state index in [1.807, 2.05) is 0 Å². The van der Waals surface area contributed by atoms with Crippen LogP contribution in [0.5, 0.6) is 0 Å². The predicted octanol–water partition coefficient (Wildman–Crippen LogP) is 2.21. The highest BCUT2D eigenvalue weighted by Gasteiger charge is 2.35. The number of hydrogen-bond acceptors (Lipinski definition) is 2. The molecule has 0 N–H and O–H groups in total. The van der Waals surface area contributed by atoms with Crippen molar-refractivity contribution < 1.29 is 13.6 Å². The molecule has 3 rings (SSSR count). The van der Waals surface area contributed by atoms with E-state index in [-0.39, 0.29) is 31.8 Å². The van der Waals surface area contributed by atoms with E-state index in [4.69, 9.17) is 0 Å². The zero-order valence-corrected chi connectivity index (χ0v) is 10.2. The zero-order valence-electron chi connectivity index (χ0n) is 10.2. The molecule has 4 nitrogen and oxygen atoms in total. The van der Waals surface area contributed by atoms with Crippen molar-refractivity contribution in [2.24, 2.45) is 0 Å². The number of aromatic nitrogens is 2. The SMILES string of the molecule is O=C(c1ccc2cncn2c1)N1CCC(F)(F)CC1. The number of rotatable bonds is 1. The van der Waals surface area contributed by atoms with Crippen molar-refractivity contribution in [1.82, 2.24) is 14.3 Å². The topological polar surface area (TPSA) is 37.6 Å². The lowest BCUT2D eigenvalue weighted by molar-refractivity contribution is -0.0494. The number of fused-ring (bicyclic) bond motifs is 1. The molecule has 1 aliphatic heterocycles. The number of carbonyl (C=O) groups excluding carboxylic acids is 1. The first-order valence-corrected chi connectivity index (χ1v) is 6.14. The Labute approximate surface area is 108 Å². The van der Waals surface area contributed by atoms with E-state index in [9.17, 15) is 13.6 Å². The lowest BCUT2D eigenvalue weighted by Crippen LogP contribution is -2.42. The van der Waals surface area contributed by atoms with Gasteiger partial charge in [-0.1, -0.05) is 0 Å². The Bertz CT molecular complexity index is 613. The third kappa shape index (κ3) is 2.30. The fraction of sp³-hybridized carbons (Fsp3) is 0.385. The molecule has 6 heteroatoms. The number of hydrogen-bond donors (Lipinski definition) is 0. The van der Waals surface area contributed by atoms with Gasteiger partial charge < -0.3 is 9.30 Å². The van der Waals surface area contributed by atoms with E-state index in [1.54, 1.807) is 35.3 Å². The first-order valence-electron chi connectivity index (χ1n) is 6.14. The number of carbonyl (C=O) groups is 1. The third-order valence-electron chi connectivity index (χ3n) is 3.44. The van der Waals surface area contributed by atoms with Gasteiger partial charge in [0.2, 0.25) is 0 Å². The van der Waals surface area contributed by atoms with E-state index in [0.717, 1.165) is 5.52 Å². The molecule has 0 spiro atoms. The Balaban J connectivity index is 1.80. The predicted molar refractivity (Wildman–Crippen MR) is 65.3 cm³/mol. The molecule has 0 atom stereocenters. The van der Waals surface area contributed by atoms with Crippen molar-refractivity contribution in [3.05, 3.63) is 36.4 Å². The molecule has 0 aliphatic carbocycles. The fourth-order valence-electron chi connectivity index (χ4n) is 2.27. The maximum Gasteiger partial charge on any atom is 0.255 e. The largest absolute Gasteiger partial charge is 0.338 e. The van der Waals surface area contributed by atoms with E-state index >= 15 is 0 Å². The van der Waals surface area contributed by atoms with Gasteiger partial charge in [-0.25, -0.2) is 13.8 Å². The molecule has 1 fully saturated rings. The Kier molecular flexibility index (Phi) is 2.73. The number of piperidine rings is 1. The molecule has 0 radical (unpaired) electrons. The van der Waals surface area contributed by atoms with Crippen LogP contribution in [0.4, 0.5) is 8.78 Å². The smallest absolute Gasteiger partial charge is 0.255 e. The van der Waals surface area contributed by atoms with Gasteiger partial charge >= 0.3 is 0 Å². The monoisotopic (exact) mass is 265 g/mol. The van der Waals surface area contributed by atoms with Gasteiger partial charge in [-0.3, -0.25) is 4.79 Å².